The highest BCUT2D eigenvalue weighted by Gasteiger charge is 2.58. The van der Waals surface area contributed by atoms with Gasteiger partial charge in [-0.25, -0.2) is 0 Å². The Kier molecular flexibility index (Phi) is 19.8. The van der Waals surface area contributed by atoms with Crippen molar-refractivity contribution in [3.63, 3.8) is 0 Å². The van der Waals surface area contributed by atoms with E-state index in [1.165, 1.54) is 78.2 Å². The molecular formula is C35H64O21. The van der Waals surface area contributed by atoms with Crippen molar-refractivity contribution < 1.29 is 99.5 Å². The highest BCUT2D eigenvalue weighted by molar-refractivity contribution is 4.98. The third-order valence-corrected chi connectivity index (χ3v) is 10.5. The molecule has 4 aliphatic heterocycles. The number of ether oxygens (including phenoxy) is 21. The molecule has 0 aromatic carbocycles. The van der Waals surface area contributed by atoms with Crippen LogP contribution in [0.5, 0.6) is 0 Å². The molecule has 20 atom stereocenters. The number of hydrogen-bond acceptors (Lipinski definition) is 21. The lowest BCUT2D eigenvalue weighted by Gasteiger charge is -2.51. The van der Waals surface area contributed by atoms with E-state index in [-0.39, 0.29) is 6.61 Å². The van der Waals surface area contributed by atoms with E-state index >= 15 is 0 Å². The Labute approximate surface area is 329 Å². The Bertz CT molecular complexity index is 1080. The summed E-state index contributed by atoms with van der Waals surface area (Å²) in [4.78, 5) is 0. The average molecular weight is 821 g/mol. The quantitative estimate of drug-likeness (QED) is 0.141. The SMILES string of the molecule is COC[C@@H]1O[C@H](O[C@H]2[C@H](OC)[C@@H](O[C@H]3[C@H](OC)[C@@H](OC4[C@H](OC)C(OC)O[C@@H](OC)[C@@H]4OC)O[C@@H](OC)[C@@H]3OC)O[C@@H](OC)[C@@H]2OC)[C@@H](OC)[C@H](OC)[C@H]1OC. The van der Waals surface area contributed by atoms with Crippen LogP contribution < -0.4 is 0 Å². The van der Waals surface area contributed by atoms with E-state index in [2.05, 4.69) is 0 Å². The summed E-state index contributed by atoms with van der Waals surface area (Å²) >= 11 is 0. The van der Waals surface area contributed by atoms with Crippen molar-refractivity contribution in [2.45, 2.75) is 123 Å². The largest absolute Gasteiger partial charge is 0.382 e. The molecule has 0 N–H and O–H groups in total. The van der Waals surface area contributed by atoms with Crippen LogP contribution in [-0.4, -0.2) is 230 Å². The van der Waals surface area contributed by atoms with Crippen molar-refractivity contribution >= 4 is 0 Å². The van der Waals surface area contributed by atoms with Crippen LogP contribution in [0.25, 0.3) is 0 Å². The first-order valence-electron chi connectivity index (χ1n) is 18.1. The third-order valence-electron chi connectivity index (χ3n) is 10.5. The minimum absolute atomic E-state index is 0.184. The van der Waals surface area contributed by atoms with Crippen molar-refractivity contribution in [3.8, 4) is 0 Å². The minimum Gasteiger partial charge on any atom is -0.382 e. The van der Waals surface area contributed by atoms with Crippen molar-refractivity contribution in [3.05, 3.63) is 0 Å². The van der Waals surface area contributed by atoms with Crippen molar-refractivity contribution in [1.82, 2.24) is 0 Å². The van der Waals surface area contributed by atoms with Crippen LogP contribution in [0.1, 0.15) is 0 Å². The molecule has 21 nitrogen and oxygen atoms in total. The number of hydrogen-bond donors (Lipinski definition) is 0. The monoisotopic (exact) mass is 820 g/mol. The van der Waals surface area contributed by atoms with Gasteiger partial charge in [0.15, 0.2) is 44.0 Å². The maximum atomic E-state index is 6.79. The topological polar surface area (TPSA) is 194 Å². The summed E-state index contributed by atoms with van der Waals surface area (Å²) in [5.74, 6) is 0. The molecular weight excluding hydrogens is 756 g/mol. The molecule has 0 aromatic heterocycles. The molecule has 0 radical (unpaired) electrons. The van der Waals surface area contributed by atoms with Gasteiger partial charge in [-0.15, -0.1) is 0 Å². The lowest BCUT2D eigenvalue weighted by Crippen LogP contribution is -2.68. The summed E-state index contributed by atoms with van der Waals surface area (Å²) in [6.45, 7) is 0.184. The standard InChI is InChI=1S/C35H64O21/c1-36-15-16-17(37-2)18(38-3)22(39-4)33(50-16)51-20-25(42-7)31(48-13)56-35(27(20)44-9)53-21-26(43-8)32(49-14)55-34(28(21)45-10)52-19-23(40-5)29(46-11)54-30(47-12)24(19)41-6/h16-35H,15H2,1-14H3/t16-,17-,18+,19?,20+,21+,22-,23-,24+,25+,26+,27-,28-,29?,30+,31+,32+,33+,34-,35-/m0/s1. The fourth-order valence-corrected chi connectivity index (χ4v) is 7.82. The summed E-state index contributed by atoms with van der Waals surface area (Å²) in [7, 11) is 21.0. The average Bonchev–Trinajstić information content (AvgIpc) is 3.22. The van der Waals surface area contributed by atoms with Gasteiger partial charge in [-0.05, 0) is 0 Å². The van der Waals surface area contributed by atoms with E-state index in [0.29, 0.717) is 0 Å². The van der Waals surface area contributed by atoms with Crippen molar-refractivity contribution in [2.24, 2.45) is 0 Å². The zero-order valence-electron chi connectivity index (χ0n) is 34.8. The van der Waals surface area contributed by atoms with Crippen molar-refractivity contribution in [2.75, 3.05) is 106 Å². The van der Waals surface area contributed by atoms with E-state index in [1.807, 2.05) is 0 Å². The lowest BCUT2D eigenvalue weighted by molar-refractivity contribution is -0.424. The predicted octanol–water partition coefficient (Wildman–Crippen LogP) is -0.719. The molecule has 4 aliphatic rings. The molecule has 4 heterocycles. The van der Waals surface area contributed by atoms with Gasteiger partial charge in [0.1, 0.15) is 79.4 Å². The molecule has 0 saturated carbocycles. The Morgan fingerprint density at radius 3 is 0.768 bits per heavy atom. The first-order chi connectivity index (χ1) is 27.2. The number of rotatable bonds is 21. The molecule has 0 amide bonds. The summed E-state index contributed by atoms with van der Waals surface area (Å²) in [5.41, 5.74) is 0. The fraction of sp³-hybridized carbons (Fsp3) is 1.00. The van der Waals surface area contributed by atoms with E-state index < -0.39 is 123 Å². The van der Waals surface area contributed by atoms with Gasteiger partial charge in [-0.1, -0.05) is 0 Å². The van der Waals surface area contributed by atoms with E-state index in [4.69, 9.17) is 99.5 Å². The summed E-state index contributed by atoms with van der Waals surface area (Å²) < 4.78 is 126. The molecule has 0 aromatic rings. The second-order valence-electron chi connectivity index (χ2n) is 13.2. The fourth-order valence-electron chi connectivity index (χ4n) is 7.82. The first kappa shape index (κ1) is 47.8. The second-order valence-corrected chi connectivity index (χ2v) is 13.2. The molecule has 0 spiro atoms. The van der Waals surface area contributed by atoms with Gasteiger partial charge in [-0.2, -0.15) is 0 Å². The molecule has 4 fully saturated rings. The van der Waals surface area contributed by atoms with Crippen LogP contribution >= 0.6 is 0 Å². The summed E-state index contributed by atoms with van der Waals surface area (Å²) in [5, 5.41) is 0. The van der Waals surface area contributed by atoms with E-state index in [0.717, 1.165) is 0 Å². The van der Waals surface area contributed by atoms with Crippen LogP contribution in [0, 0.1) is 0 Å². The molecule has 330 valence electrons. The number of methoxy groups -OCH3 is 14. The maximum Gasteiger partial charge on any atom is 0.190 e. The van der Waals surface area contributed by atoms with E-state index in [1.54, 1.807) is 21.3 Å². The highest BCUT2D eigenvalue weighted by Crippen LogP contribution is 2.38. The first-order valence-corrected chi connectivity index (χ1v) is 18.1. The molecule has 0 aliphatic carbocycles. The van der Waals surface area contributed by atoms with Crippen LogP contribution in [0.3, 0.4) is 0 Å². The van der Waals surface area contributed by atoms with Crippen LogP contribution in [-0.2, 0) is 99.5 Å². The lowest BCUT2D eigenvalue weighted by atomic mass is 9.97. The molecule has 4 rings (SSSR count). The second kappa shape index (κ2) is 23.2. The summed E-state index contributed by atoms with van der Waals surface area (Å²) in [6, 6.07) is 0. The summed E-state index contributed by atoms with van der Waals surface area (Å²) in [6.07, 6.45) is -17.8. The molecule has 0 bridgehead atoms. The van der Waals surface area contributed by atoms with Gasteiger partial charge in [0, 0.05) is 99.5 Å². The predicted molar refractivity (Wildman–Crippen MR) is 186 cm³/mol. The van der Waals surface area contributed by atoms with Crippen LogP contribution in [0.2, 0.25) is 0 Å². The third kappa shape index (κ3) is 10.0. The highest BCUT2D eigenvalue weighted by atomic mass is 16.8. The molecule has 2 unspecified atom stereocenters. The Morgan fingerprint density at radius 2 is 0.500 bits per heavy atom. The van der Waals surface area contributed by atoms with Gasteiger partial charge in [0.2, 0.25) is 0 Å². The van der Waals surface area contributed by atoms with Crippen LogP contribution in [0.15, 0.2) is 0 Å². The minimum atomic E-state index is -1.21. The van der Waals surface area contributed by atoms with Gasteiger partial charge < -0.3 is 99.5 Å². The Balaban J connectivity index is 1.69. The van der Waals surface area contributed by atoms with Gasteiger partial charge in [0.25, 0.3) is 0 Å². The zero-order chi connectivity index (χ0) is 41.1. The molecule has 56 heavy (non-hydrogen) atoms. The smallest absolute Gasteiger partial charge is 0.190 e. The molecule has 21 heteroatoms. The Morgan fingerprint density at radius 1 is 0.250 bits per heavy atom. The van der Waals surface area contributed by atoms with Gasteiger partial charge in [0.05, 0.1) is 6.61 Å². The van der Waals surface area contributed by atoms with Crippen molar-refractivity contribution in [1.29, 1.82) is 0 Å². The Hall–Kier alpha value is -0.840. The maximum absolute atomic E-state index is 6.79. The van der Waals surface area contributed by atoms with Gasteiger partial charge >= 0.3 is 0 Å². The normalized spacial score (nSPS) is 44.9. The van der Waals surface area contributed by atoms with E-state index in [9.17, 15) is 0 Å². The van der Waals surface area contributed by atoms with Crippen LogP contribution in [0.4, 0.5) is 0 Å². The zero-order valence-corrected chi connectivity index (χ0v) is 34.8. The van der Waals surface area contributed by atoms with Gasteiger partial charge in [-0.3, -0.25) is 0 Å². The molecule has 4 saturated heterocycles.